The van der Waals surface area contributed by atoms with Gasteiger partial charge in [0.05, 0.1) is 10.6 Å². The van der Waals surface area contributed by atoms with Crippen molar-refractivity contribution in [3.63, 3.8) is 0 Å². The molecule has 0 saturated carbocycles. The molecule has 3 aromatic carbocycles. The van der Waals surface area contributed by atoms with Gasteiger partial charge in [0.25, 0.3) is 10.0 Å². The quantitative estimate of drug-likeness (QED) is 0.697. The fourth-order valence-corrected chi connectivity index (χ4v) is 3.27. The SMILES string of the molecule is O=S(=O)(Nc1cccc(OCc2ccc(F)cc2)c1)c1ccc(F)cc1. The first kappa shape index (κ1) is 17.9. The predicted molar refractivity (Wildman–Crippen MR) is 94.4 cm³/mol. The monoisotopic (exact) mass is 375 g/mol. The van der Waals surface area contributed by atoms with Gasteiger partial charge < -0.3 is 4.74 Å². The summed E-state index contributed by atoms with van der Waals surface area (Å²) >= 11 is 0. The number of anilines is 1. The van der Waals surface area contributed by atoms with Gasteiger partial charge in [-0.25, -0.2) is 17.2 Å². The van der Waals surface area contributed by atoms with E-state index in [0.29, 0.717) is 11.4 Å². The van der Waals surface area contributed by atoms with E-state index >= 15 is 0 Å². The first-order valence-electron chi connectivity index (χ1n) is 7.68. The third-order valence-corrected chi connectivity index (χ3v) is 4.93. The molecular weight excluding hydrogens is 360 g/mol. The number of rotatable bonds is 6. The van der Waals surface area contributed by atoms with Crippen molar-refractivity contribution in [3.8, 4) is 5.75 Å². The summed E-state index contributed by atoms with van der Waals surface area (Å²) in [4.78, 5) is -0.0449. The molecule has 0 aliphatic carbocycles. The molecule has 0 aromatic heterocycles. The van der Waals surface area contributed by atoms with Crippen LogP contribution in [0.1, 0.15) is 5.56 Å². The van der Waals surface area contributed by atoms with E-state index in [1.54, 1.807) is 30.3 Å². The van der Waals surface area contributed by atoms with E-state index in [1.165, 1.54) is 30.3 Å². The Labute approximate surface area is 150 Å². The summed E-state index contributed by atoms with van der Waals surface area (Å²) < 4.78 is 58.5. The van der Waals surface area contributed by atoms with Crippen molar-refractivity contribution in [2.45, 2.75) is 11.5 Å². The maximum Gasteiger partial charge on any atom is 0.261 e. The highest BCUT2D eigenvalue weighted by Crippen LogP contribution is 2.22. The Morgan fingerprint density at radius 2 is 1.46 bits per heavy atom. The van der Waals surface area contributed by atoms with Gasteiger partial charge in [0.2, 0.25) is 0 Å². The van der Waals surface area contributed by atoms with Crippen molar-refractivity contribution in [3.05, 3.63) is 90.0 Å². The van der Waals surface area contributed by atoms with Gasteiger partial charge in [-0.05, 0) is 54.1 Å². The maximum atomic E-state index is 12.9. The van der Waals surface area contributed by atoms with Gasteiger partial charge in [-0.1, -0.05) is 18.2 Å². The average Bonchev–Trinajstić information content (AvgIpc) is 2.61. The van der Waals surface area contributed by atoms with E-state index in [4.69, 9.17) is 4.74 Å². The van der Waals surface area contributed by atoms with E-state index in [0.717, 1.165) is 17.7 Å². The number of nitrogens with one attached hydrogen (secondary N) is 1. The Bertz CT molecular complexity index is 988. The van der Waals surface area contributed by atoms with Crippen LogP contribution in [0, 0.1) is 11.6 Å². The summed E-state index contributed by atoms with van der Waals surface area (Å²) in [6, 6.07) is 16.9. The lowest BCUT2D eigenvalue weighted by Gasteiger charge is -2.11. The number of hydrogen-bond donors (Lipinski definition) is 1. The fourth-order valence-electron chi connectivity index (χ4n) is 2.22. The lowest BCUT2D eigenvalue weighted by atomic mass is 10.2. The fraction of sp³-hybridized carbons (Fsp3) is 0.0526. The number of hydrogen-bond acceptors (Lipinski definition) is 3. The average molecular weight is 375 g/mol. The highest BCUT2D eigenvalue weighted by molar-refractivity contribution is 7.92. The molecule has 0 fully saturated rings. The van der Waals surface area contributed by atoms with Crippen molar-refractivity contribution < 1.29 is 21.9 Å². The molecule has 7 heteroatoms. The normalized spacial score (nSPS) is 11.2. The number of benzene rings is 3. The second-order valence-electron chi connectivity index (χ2n) is 5.50. The van der Waals surface area contributed by atoms with Crippen molar-refractivity contribution >= 4 is 15.7 Å². The zero-order valence-electron chi connectivity index (χ0n) is 13.5. The third kappa shape index (κ3) is 4.58. The molecule has 0 unspecified atom stereocenters. The van der Waals surface area contributed by atoms with Crippen LogP contribution in [-0.2, 0) is 16.6 Å². The zero-order valence-corrected chi connectivity index (χ0v) is 14.3. The molecular formula is C19H15F2NO3S. The van der Waals surface area contributed by atoms with Crippen LogP contribution in [0.4, 0.5) is 14.5 Å². The second-order valence-corrected chi connectivity index (χ2v) is 7.18. The Kier molecular flexibility index (Phi) is 5.18. The summed E-state index contributed by atoms with van der Waals surface area (Å²) in [6.45, 7) is 0.217. The number of sulfonamides is 1. The summed E-state index contributed by atoms with van der Waals surface area (Å²) in [7, 11) is -3.83. The minimum atomic E-state index is -3.83. The van der Waals surface area contributed by atoms with Gasteiger partial charge in [-0.3, -0.25) is 4.72 Å². The second kappa shape index (κ2) is 7.53. The first-order chi connectivity index (χ1) is 12.4. The molecule has 134 valence electrons. The van der Waals surface area contributed by atoms with E-state index in [-0.39, 0.29) is 17.3 Å². The molecule has 3 aromatic rings. The van der Waals surface area contributed by atoms with Crippen molar-refractivity contribution in [2.75, 3.05) is 4.72 Å². The van der Waals surface area contributed by atoms with Gasteiger partial charge in [0.15, 0.2) is 0 Å². The first-order valence-corrected chi connectivity index (χ1v) is 9.16. The molecule has 0 amide bonds. The minimum absolute atomic E-state index is 0.0449. The zero-order chi connectivity index (χ0) is 18.6. The molecule has 0 aliphatic heterocycles. The molecule has 0 spiro atoms. The Morgan fingerprint density at radius 3 is 2.12 bits per heavy atom. The predicted octanol–water partition coefficient (Wildman–Crippen LogP) is 4.34. The smallest absolute Gasteiger partial charge is 0.261 e. The van der Waals surface area contributed by atoms with E-state index < -0.39 is 15.8 Å². The van der Waals surface area contributed by atoms with Crippen molar-refractivity contribution in [2.24, 2.45) is 0 Å². The number of ether oxygens (including phenoxy) is 1. The Balaban J connectivity index is 1.70. The Morgan fingerprint density at radius 1 is 0.846 bits per heavy atom. The molecule has 4 nitrogen and oxygen atoms in total. The molecule has 0 aliphatic rings. The summed E-state index contributed by atoms with van der Waals surface area (Å²) in [5.74, 6) is -0.389. The molecule has 0 saturated heterocycles. The highest BCUT2D eigenvalue weighted by Gasteiger charge is 2.14. The largest absolute Gasteiger partial charge is 0.489 e. The Hall–Kier alpha value is -2.93. The molecule has 0 atom stereocenters. The van der Waals surface area contributed by atoms with Gasteiger partial charge in [-0.15, -0.1) is 0 Å². The van der Waals surface area contributed by atoms with Crippen molar-refractivity contribution in [1.82, 2.24) is 0 Å². The third-order valence-electron chi connectivity index (χ3n) is 3.53. The van der Waals surface area contributed by atoms with Crippen LogP contribution in [0.2, 0.25) is 0 Å². The van der Waals surface area contributed by atoms with Crippen LogP contribution < -0.4 is 9.46 Å². The van der Waals surface area contributed by atoms with E-state index in [1.807, 2.05) is 0 Å². The van der Waals surface area contributed by atoms with E-state index in [9.17, 15) is 17.2 Å². The molecule has 0 bridgehead atoms. The standard InChI is InChI=1S/C19H15F2NO3S/c20-15-6-4-14(5-7-15)13-25-18-3-1-2-17(12-18)22-26(23,24)19-10-8-16(21)9-11-19/h1-12,22H,13H2. The highest BCUT2D eigenvalue weighted by atomic mass is 32.2. The molecule has 3 rings (SSSR count). The van der Waals surface area contributed by atoms with Gasteiger partial charge in [-0.2, -0.15) is 0 Å². The van der Waals surface area contributed by atoms with Gasteiger partial charge in [0, 0.05) is 6.07 Å². The topological polar surface area (TPSA) is 55.4 Å². The minimum Gasteiger partial charge on any atom is -0.489 e. The number of halogens is 2. The molecule has 0 radical (unpaired) electrons. The van der Waals surface area contributed by atoms with Gasteiger partial charge >= 0.3 is 0 Å². The lowest BCUT2D eigenvalue weighted by molar-refractivity contribution is 0.306. The van der Waals surface area contributed by atoms with Crippen LogP contribution in [0.15, 0.2) is 77.7 Å². The van der Waals surface area contributed by atoms with Gasteiger partial charge in [0.1, 0.15) is 24.0 Å². The molecule has 26 heavy (non-hydrogen) atoms. The summed E-state index contributed by atoms with van der Waals surface area (Å²) in [5.41, 5.74) is 1.09. The van der Waals surface area contributed by atoms with E-state index in [2.05, 4.69) is 4.72 Å². The molecule has 1 N–H and O–H groups in total. The maximum absolute atomic E-state index is 12.9. The van der Waals surface area contributed by atoms with Crippen LogP contribution in [-0.4, -0.2) is 8.42 Å². The van der Waals surface area contributed by atoms with Crippen LogP contribution in [0.3, 0.4) is 0 Å². The van der Waals surface area contributed by atoms with Crippen LogP contribution in [0.5, 0.6) is 5.75 Å². The molecule has 0 heterocycles. The van der Waals surface area contributed by atoms with Crippen molar-refractivity contribution in [1.29, 1.82) is 0 Å². The van der Waals surface area contributed by atoms with Crippen LogP contribution in [0.25, 0.3) is 0 Å². The summed E-state index contributed by atoms with van der Waals surface area (Å²) in [6.07, 6.45) is 0. The lowest BCUT2D eigenvalue weighted by Crippen LogP contribution is -2.13. The summed E-state index contributed by atoms with van der Waals surface area (Å²) in [5, 5.41) is 0. The van der Waals surface area contributed by atoms with Crippen LogP contribution >= 0.6 is 0 Å².